The largest absolute Gasteiger partial charge is 0.456 e. The van der Waals surface area contributed by atoms with Crippen molar-refractivity contribution in [2.24, 2.45) is 0 Å². The molecule has 15 rings (SSSR count). The Morgan fingerprint density at radius 1 is 0.314 bits per heavy atom. The van der Waals surface area contributed by atoms with E-state index in [0.717, 1.165) is 72.2 Å². The van der Waals surface area contributed by atoms with Gasteiger partial charge in [0.1, 0.15) is 11.2 Å². The first-order valence-corrected chi connectivity index (χ1v) is 24.3. The second-order valence-corrected chi connectivity index (χ2v) is 19.0. The number of fused-ring (bicyclic) bond motifs is 12. The summed E-state index contributed by atoms with van der Waals surface area (Å²) in [6, 6.07) is 79.6. The molecule has 0 fully saturated rings. The molecule has 5 heterocycles. The summed E-state index contributed by atoms with van der Waals surface area (Å²) >= 11 is 1.84. The monoisotopic (exact) mass is 911 g/mol. The van der Waals surface area contributed by atoms with Crippen LogP contribution in [0, 0.1) is 0 Å². The van der Waals surface area contributed by atoms with E-state index in [9.17, 15) is 0 Å². The van der Waals surface area contributed by atoms with Gasteiger partial charge in [0.15, 0.2) is 17.5 Å². The molecule has 0 aliphatic carbocycles. The third-order valence-corrected chi connectivity index (χ3v) is 15.1. The number of aromatic nitrogens is 5. The first-order chi connectivity index (χ1) is 34.7. The molecule has 0 spiro atoms. The molecule has 0 atom stereocenters. The van der Waals surface area contributed by atoms with Crippen LogP contribution in [0.5, 0.6) is 0 Å². The molecule has 5 aromatic heterocycles. The van der Waals surface area contributed by atoms with Gasteiger partial charge >= 0.3 is 0 Å². The highest BCUT2D eigenvalue weighted by Crippen LogP contribution is 2.45. The van der Waals surface area contributed by atoms with Gasteiger partial charge in [0.2, 0.25) is 0 Å². The Labute approximate surface area is 404 Å². The van der Waals surface area contributed by atoms with E-state index in [4.69, 9.17) is 19.4 Å². The van der Waals surface area contributed by atoms with E-state index in [0.29, 0.717) is 17.5 Å². The quantitative estimate of drug-likeness (QED) is 0.167. The predicted molar refractivity (Wildman–Crippen MR) is 290 cm³/mol. The summed E-state index contributed by atoms with van der Waals surface area (Å²) in [7, 11) is 0. The summed E-state index contributed by atoms with van der Waals surface area (Å²) in [4.78, 5) is 15.8. The van der Waals surface area contributed by atoms with E-state index in [2.05, 4.69) is 203 Å². The van der Waals surface area contributed by atoms with Crippen LogP contribution in [0.2, 0.25) is 0 Å². The molecule has 326 valence electrons. The topological polar surface area (TPSA) is 61.7 Å². The second-order valence-electron chi connectivity index (χ2n) is 17.9. The average molecular weight is 912 g/mol. The van der Waals surface area contributed by atoms with Crippen LogP contribution in [0.3, 0.4) is 0 Å². The maximum absolute atomic E-state index is 6.71. The summed E-state index contributed by atoms with van der Waals surface area (Å²) in [6.07, 6.45) is 0. The molecule has 15 aromatic rings. The third kappa shape index (κ3) is 5.89. The SMILES string of the molecule is c1ccc(-c2nc(-c3cccc(-n4c5ccccc5c5ccccc54)c3)nc(-c3cccc4oc5ccc(-c6cc(-n7c8ccccc8c8ccccc87)cc7sc8ccccc8c67)cc5c34)n2)cc1. The molecular formula is C63H37N5OS. The van der Waals surface area contributed by atoms with Gasteiger partial charge in [-0.1, -0.05) is 152 Å². The van der Waals surface area contributed by atoms with Crippen molar-refractivity contribution in [1.29, 1.82) is 0 Å². The van der Waals surface area contributed by atoms with E-state index in [-0.39, 0.29) is 0 Å². The van der Waals surface area contributed by atoms with Crippen LogP contribution in [0.4, 0.5) is 0 Å². The Bertz CT molecular complexity index is 4510. The molecule has 0 aliphatic heterocycles. The molecule has 7 heteroatoms. The van der Waals surface area contributed by atoms with Gasteiger partial charge in [0.25, 0.3) is 0 Å². The van der Waals surface area contributed by atoms with Crippen LogP contribution in [0.15, 0.2) is 229 Å². The molecule has 0 bridgehead atoms. The molecular weight excluding hydrogens is 875 g/mol. The molecule has 6 nitrogen and oxygen atoms in total. The molecule has 0 radical (unpaired) electrons. The first-order valence-electron chi connectivity index (χ1n) is 23.5. The van der Waals surface area contributed by atoms with Crippen molar-refractivity contribution >= 4 is 97.1 Å². The normalized spacial score (nSPS) is 12.0. The van der Waals surface area contributed by atoms with Gasteiger partial charge in [-0.3, -0.25) is 0 Å². The summed E-state index contributed by atoms with van der Waals surface area (Å²) < 4.78 is 14.0. The number of furan rings is 1. The number of nitrogens with zero attached hydrogens (tertiary/aromatic N) is 5. The Morgan fingerprint density at radius 2 is 0.871 bits per heavy atom. The van der Waals surface area contributed by atoms with E-state index >= 15 is 0 Å². The zero-order valence-corrected chi connectivity index (χ0v) is 38.2. The highest BCUT2D eigenvalue weighted by molar-refractivity contribution is 7.26. The highest BCUT2D eigenvalue weighted by atomic mass is 32.1. The fraction of sp³-hybridized carbons (Fsp3) is 0. The van der Waals surface area contributed by atoms with Crippen molar-refractivity contribution in [1.82, 2.24) is 24.1 Å². The molecule has 10 aromatic carbocycles. The minimum atomic E-state index is 0.574. The molecule has 0 saturated carbocycles. The Morgan fingerprint density at radius 3 is 1.56 bits per heavy atom. The summed E-state index contributed by atoms with van der Waals surface area (Å²) in [5.41, 5.74) is 13.3. The van der Waals surface area contributed by atoms with E-state index in [1.54, 1.807) is 0 Å². The van der Waals surface area contributed by atoms with Crippen molar-refractivity contribution in [2.45, 2.75) is 0 Å². The van der Waals surface area contributed by atoms with E-state index in [1.807, 2.05) is 41.7 Å². The number of rotatable bonds is 6. The number of para-hydroxylation sites is 4. The molecule has 0 aliphatic rings. The minimum absolute atomic E-state index is 0.574. The Balaban J connectivity index is 0.941. The van der Waals surface area contributed by atoms with Crippen molar-refractivity contribution in [3.8, 4) is 56.7 Å². The maximum Gasteiger partial charge on any atom is 0.164 e. The lowest BCUT2D eigenvalue weighted by atomic mass is 9.96. The summed E-state index contributed by atoms with van der Waals surface area (Å²) in [6.45, 7) is 0. The van der Waals surface area contributed by atoms with Crippen LogP contribution in [0.1, 0.15) is 0 Å². The predicted octanol–water partition coefficient (Wildman–Crippen LogP) is 17.0. The third-order valence-electron chi connectivity index (χ3n) is 14.0. The van der Waals surface area contributed by atoms with Crippen molar-refractivity contribution in [3.05, 3.63) is 224 Å². The van der Waals surface area contributed by atoms with Gasteiger partial charge < -0.3 is 13.6 Å². The minimum Gasteiger partial charge on any atom is -0.456 e. The smallest absolute Gasteiger partial charge is 0.164 e. The van der Waals surface area contributed by atoms with Gasteiger partial charge in [-0.2, -0.15) is 0 Å². The van der Waals surface area contributed by atoms with Gasteiger partial charge in [-0.15, -0.1) is 11.3 Å². The average Bonchev–Trinajstić information content (AvgIpc) is 4.18. The van der Waals surface area contributed by atoms with Crippen molar-refractivity contribution < 1.29 is 4.42 Å². The van der Waals surface area contributed by atoms with Crippen LogP contribution in [-0.2, 0) is 0 Å². The Hall–Kier alpha value is -9.17. The lowest BCUT2D eigenvalue weighted by molar-refractivity contribution is 0.669. The number of hydrogen-bond donors (Lipinski definition) is 0. The first kappa shape index (κ1) is 38.9. The fourth-order valence-electron chi connectivity index (χ4n) is 10.9. The van der Waals surface area contributed by atoms with E-state index < -0.39 is 0 Å². The highest BCUT2D eigenvalue weighted by Gasteiger charge is 2.22. The fourth-order valence-corrected chi connectivity index (χ4v) is 12.1. The maximum atomic E-state index is 6.71. The zero-order chi connectivity index (χ0) is 45.9. The summed E-state index contributed by atoms with van der Waals surface area (Å²) in [5, 5.41) is 9.35. The van der Waals surface area contributed by atoms with Crippen LogP contribution in [0.25, 0.3) is 142 Å². The molecule has 0 unspecified atom stereocenters. The zero-order valence-electron chi connectivity index (χ0n) is 37.4. The molecule has 0 N–H and O–H groups in total. The van der Waals surface area contributed by atoms with Crippen LogP contribution >= 0.6 is 11.3 Å². The van der Waals surface area contributed by atoms with Gasteiger partial charge in [-0.25, -0.2) is 15.0 Å². The Kier molecular flexibility index (Phi) is 8.43. The molecule has 70 heavy (non-hydrogen) atoms. The van der Waals surface area contributed by atoms with Crippen LogP contribution in [-0.4, -0.2) is 24.1 Å². The van der Waals surface area contributed by atoms with Crippen molar-refractivity contribution in [3.63, 3.8) is 0 Å². The summed E-state index contributed by atoms with van der Waals surface area (Å²) in [5.74, 6) is 1.76. The molecule has 0 amide bonds. The molecule has 0 saturated heterocycles. The lowest BCUT2D eigenvalue weighted by Gasteiger charge is -2.13. The lowest BCUT2D eigenvalue weighted by Crippen LogP contribution is -2.01. The van der Waals surface area contributed by atoms with Crippen molar-refractivity contribution in [2.75, 3.05) is 0 Å². The van der Waals surface area contributed by atoms with Gasteiger partial charge in [0, 0.05) is 80.6 Å². The number of thiophene rings is 1. The number of benzene rings is 10. The van der Waals surface area contributed by atoms with Gasteiger partial charge in [0.05, 0.1) is 22.1 Å². The standard InChI is InChI=1S/C63H37N5OS/c1-2-16-38(17-3-1)61-64-62(40-18-14-19-41(34-40)67-51-26-9-4-20-43(51)44-21-5-10-27-52(44)67)66-63(65-61)48-25-15-30-56-59(48)50-35-39(32-33-55(50)69-56)49-36-42(37-58-60(49)47-24-8-13-31-57(47)70-58)68-53-28-11-6-22-45(53)46-23-7-12-29-54(46)68/h1-37H. The van der Waals surface area contributed by atoms with Gasteiger partial charge in [-0.05, 0) is 83.9 Å². The second kappa shape index (κ2) is 15.2. The number of hydrogen-bond acceptors (Lipinski definition) is 5. The van der Waals surface area contributed by atoms with Crippen LogP contribution < -0.4 is 0 Å². The van der Waals surface area contributed by atoms with E-state index in [1.165, 1.54) is 52.8 Å².